The molecule has 19 heavy (non-hydrogen) atoms. The molecule has 1 fully saturated rings. The number of hydrogen-bond donors (Lipinski definition) is 1. The van der Waals surface area contributed by atoms with E-state index >= 15 is 0 Å². The molecule has 0 radical (unpaired) electrons. The Morgan fingerprint density at radius 1 is 1.42 bits per heavy atom. The fourth-order valence-corrected chi connectivity index (χ4v) is 2.80. The molecule has 2 atom stereocenters. The van der Waals surface area contributed by atoms with Crippen LogP contribution in [0.5, 0.6) is 5.75 Å². The molecule has 1 aromatic heterocycles. The van der Waals surface area contributed by atoms with E-state index in [1.165, 1.54) is 25.7 Å². The molecule has 1 saturated carbocycles. The van der Waals surface area contributed by atoms with E-state index in [2.05, 4.69) is 24.3 Å². The Morgan fingerprint density at radius 3 is 3.05 bits per heavy atom. The van der Waals surface area contributed by atoms with Crippen LogP contribution in [0.25, 0.3) is 0 Å². The zero-order valence-corrected chi connectivity index (χ0v) is 12.3. The summed E-state index contributed by atoms with van der Waals surface area (Å²) in [6.07, 6.45) is 10.3. The molecular formula is C15H27N3O. The van der Waals surface area contributed by atoms with Crippen molar-refractivity contribution in [2.24, 2.45) is 5.92 Å². The molecule has 1 aromatic rings. The predicted molar refractivity (Wildman–Crippen MR) is 77.4 cm³/mol. The minimum absolute atomic E-state index is 0.681. The van der Waals surface area contributed by atoms with E-state index in [4.69, 9.17) is 4.74 Å². The van der Waals surface area contributed by atoms with Crippen LogP contribution in [0.1, 0.15) is 46.0 Å². The lowest BCUT2D eigenvalue weighted by atomic mass is 9.86. The molecule has 2 rings (SSSR count). The van der Waals surface area contributed by atoms with Crippen molar-refractivity contribution in [1.82, 2.24) is 15.1 Å². The van der Waals surface area contributed by atoms with Crippen LogP contribution in [0.4, 0.5) is 0 Å². The Hall–Kier alpha value is -1.03. The van der Waals surface area contributed by atoms with Crippen LogP contribution >= 0.6 is 0 Å². The van der Waals surface area contributed by atoms with Gasteiger partial charge in [0, 0.05) is 19.1 Å². The first-order valence-corrected chi connectivity index (χ1v) is 7.68. The van der Waals surface area contributed by atoms with Gasteiger partial charge in [0.25, 0.3) is 0 Å². The molecule has 1 heterocycles. The Labute approximate surface area is 116 Å². The van der Waals surface area contributed by atoms with Crippen molar-refractivity contribution in [3.8, 4) is 5.75 Å². The number of aryl methyl sites for hydroxylation is 1. The molecule has 0 aromatic carbocycles. The van der Waals surface area contributed by atoms with Gasteiger partial charge in [0.2, 0.25) is 0 Å². The van der Waals surface area contributed by atoms with Gasteiger partial charge in [0.05, 0.1) is 12.4 Å². The second-order valence-electron chi connectivity index (χ2n) is 5.61. The zero-order valence-electron chi connectivity index (χ0n) is 12.3. The normalized spacial score (nSPS) is 23.5. The molecule has 0 aliphatic heterocycles. The molecule has 0 spiro atoms. The average Bonchev–Trinajstić information content (AvgIpc) is 2.85. The highest BCUT2D eigenvalue weighted by atomic mass is 16.5. The maximum atomic E-state index is 5.71. The van der Waals surface area contributed by atoms with E-state index in [9.17, 15) is 0 Å². The molecule has 0 amide bonds. The largest absolute Gasteiger partial charge is 0.489 e. The van der Waals surface area contributed by atoms with Gasteiger partial charge >= 0.3 is 0 Å². The summed E-state index contributed by atoms with van der Waals surface area (Å²) in [6.45, 7) is 7.11. The summed E-state index contributed by atoms with van der Waals surface area (Å²) < 4.78 is 7.65. The molecule has 108 valence electrons. The van der Waals surface area contributed by atoms with E-state index in [0.717, 1.165) is 37.8 Å². The Bertz CT molecular complexity index is 364. The third kappa shape index (κ3) is 4.53. The van der Waals surface area contributed by atoms with Gasteiger partial charge in [-0.25, -0.2) is 0 Å². The highest BCUT2D eigenvalue weighted by Crippen LogP contribution is 2.23. The number of hydrogen-bond acceptors (Lipinski definition) is 3. The summed E-state index contributed by atoms with van der Waals surface area (Å²) in [5.41, 5.74) is 0. The molecule has 1 N–H and O–H groups in total. The number of aromatic nitrogens is 2. The van der Waals surface area contributed by atoms with Crippen LogP contribution in [0, 0.1) is 5.92 Å². The fraction of sp³-hybridized carbons (Fsp3) is 0.800. The number of rotatable bonds is 7. The summed E-state index contributed by atoms with van der Waals surface area (Å²) in [5.74, 6) is 1.69. The third-order valence-corrected chi connectivity index (χ3v) is 3.95. The van der Waals surface area contributed by atoms with Crippen molar-refractivity contribution in [1.29, 1.82) is 0 Å². The van der Waals surface area contributed by atoms with Gasteiger partial charge in [-0.15, -0.1) is 0 Å². The lowest BCUT2D eigenvalue weighted by Crippen LogP contribution is -2.39. The van der Waals surface area contributed by atoms with Gasteiger partial charge in [-0.1, -0.05) is 26.7 Å². The minimum atomic E-state index is 0.681. The SMILES string of the molecule is CCCn1cc(OCCNC2CCCCC2C)cn1. The van der Waals surface area contributed by atoms with Crippen LogP contribution in [0.15, 0.2) is 12.4 Å². The standard InChI is InChI=1S/C15H27N3O/c1-3-9-18-12-14(11-17-18)19-10-8-16-15-7-5-4-6-13(15)2/h11-13,15-16H,3-10H2,1-2H3. The molecule has 0 saturated heterocycles. The molecule has 1 aliphatic rings. The highest BCUT2D eigenvalue weighted by molar-refractivity contribution is 5.11. The molecule has 4 heteroatoms. The maximum Gasteiger partial charge on any atom is 0.157 e. The fourth-order valence-electron chi connectivity index (χ4n) is 2.80. The van der Waals surface area contributed by atoms with Crippen molar-refractivity contribution in [2.75, 3.05) is 13.2 Å². The van der Waals surface area contributed by atoms with Gasteiger partial charge in [-0.2, -0.15) is 5.10 Å². The van der Waals surface area contributed by atoms with Gasteiger partial charge in [0.15, 0.2) is 5.75 Å². The van der Waals surface area contributed by atoms with Crippen molar-refractivity contribution < 1.29 is 4.74 Å². The monoisotopic (exact) mass is 265 g/mol. The Balaban J connectivity index is 1.62. The van der Waals surface area contributed by atoms with Crippen molar-refractivity contribution >= 4 is 0 Å². The summed E-state index contributed by atoms with van der Waals surface area (Å²) in [7, 11) is 0. The van der Waals surface area contributed by atoms with E-state index in [-0.39, 0.29) is 0 Å². The molecule has 0 bridgehead atoms. The predicted octanol–water partition coefficient (Wildman–Crippen LogP) is 2.84. The van der Waals surface area contributed by atoms with Gasteiger partial charge in [0.1, 0.15) is 6.61 Å². The first kappa shape index (κ1) is 14.4. The van der Waals surface area contributed by atoms with Crippen LogP contribution in [-0.4, -0.2) is 29.0 Å². The molecule has 2 unspecified atom stereocenters. The van der Waals surface area contributed by atoms with Crippen LogP contribution in [-0.2, 0) is 6.54 Å². The smallest absolute Gasteiger partial charge is 0.157 e. The van der Waals surface area contributed by atoms with Gasteiger partial charge < -0.3 is 10.1 Å². The van der Waals surface area contributed by atoms with Gasteiger partial charge in [-0.3, -0.25) is 4.68 Å². The first-order valence-electron chi connectivity index (χ1n) is 7.68. The maximum absolute atomic E-state index is 5.71. The number of ether oxygens (including phenoxy) is 1. The minimum Gasteiger partial charge on any atom is -0.489 e. The van der Waals surface area contributed by atoms with Crippen molar-refractivity contribution in [3.63, 3.8) is 0 Å². The average molecular weight is 265 g/mol. The summed E-state index contributed by atoms with van der Waals surface area (Å²) >= 11 is 0. The Morgan fingerprint density at radius 2 is 2.26 bits per heavy atom. The lowest BCUT2D eigenvalue weighted by Gasteiger charge is -2.29. The number of nitrogens with one attached hydrogen (secondary N) is 1. The Kier molecular flexibility index (Phi) is 5.70. The van der Waals surface area contributed by atoms with Crippen molar-refractivity contribution in [3.05, 3.63) is 12.4 Å². The van der Waals surface area contributed by atoms with E-state index in [0.29, 0.717) is 6.04 Å². The van der Waals surface area contributed by atoms with Crippen LogP contribution in [0.3, 0.4) is 0 Å². The lowest BCUT2D eigenvalue weighted by molar-refractivity contribution is 0.251. The second kappa shape index (κ2) is 7.53. The third-order valence-electron chi connectivity index (χ3n) is 3.95. The van der Waals surface area contributed by atoms with Gasteiger partial charge in [-0.05, 0) is 25.2 Å². The van der Waals surface area contributed by atoms with Crippen LogP contribution < -0.4 is 10.1 Å². The second-order valence-corrected chi connectivity index (χ2v) is 5.61. The van der Waals surface area contributed by atoms with E-state index < -0.39 is 0 Å². The van der Waals surface area contributed by atoms with Crippen LogP contribution in [0.2, 0.25) is 0 Å². The van der Waals surface area contributed by atoms with Crippen molar-refractivity contribution in [2.45, 2.75) is 58.5 Å². The molecule has 4 nitrogen and oxygen atoms in total. The zero-order chi connectivity index (χ0) is 13.5. The number of nitrogens with zero attached hydrogens (tertiary/aromatic N) is 2. The first-order chi connectivity index (χ1) is 9.29. The topological polar surface area (TPSA) is 39.1 Å². The summed E-state index contributed by atoms with van der Waals surface area (Å²) in [4.78, 5) is 0. The summed E-state index contributed by atoms with van der Waals surface area (Å²) in [5, 5.41) is 7.88. The van der Waals surface area contributed by atoms with E-state index in [1.54, 1.807) is 6.20 Å². The molecular weight excluding hydrogens is 238 g/mol. The summed E-state index contributed by atoms with van der Waals surface area (Å²) in [6, 6.07) is 0.681. The quantitative estimate of drug-likeness (QED) is 0.771. The highest BCUT2D eigenvalue weighted by Gasteiger charge is 2.20. The van der Waals surface area contributed by atoms with E-state index in [1.807, 2.05) is 10.9 Å². The molecule has 1 aliphatic carbocycles.